The molecule has 152 valence electrons. The molecular formula is C21H22N2O6. The fraction of sp³-hybridized carbons (Fsp3) is 0.286. The van der Waals surface area contributed by atoms with Crippen LogP contribution >= 0.6 is 0 Å². The van der Waals surface area contributed by atoms with Gasteiger partial charge in [0.1, 0.15) is 11.5 Å². The Kier molecular flexibility index (Phi) is 6.01. The maximum Gasteiger partial charge on any atom is 0.306 e. The number of carbonyl (C=O) groups excluding carboxylic acids is 2. The minimum Gasteiger partial charge on any atom is -0.507 e. The van der Waals surface area contributed by atoms with Crippen LogP contribution in [-0.4, -0.2) is 53.1 Å². The van der Waals surface area contributed by atoms with Gasteiger partial charge < -0.3 is 25.2 Å². The van der Waals surface area contributed by atoms with Crippen LogP contribution in [0.3, 0.4) is 0 Å². The maximum absolute atomic E-state index is 12.6. The number of carboxylic acids is 1. The molecule has 1 aliphatic rings. The Morgan fingerprint density at radius 1 is 1.07 bits per heavy atom. The number of ether oxygens (including phenoxy) is 1. The van der Waals surface area contributed by atoms with E-state index in [0.29, 0.717) is 42.9 Å². The summed E-state index contributed by atoms with van der Waals surface area (Å²) in [4.78, 5) is 37.7. The molecule has 1 fully saturated rings. The Morgan fingerprint density at radius 2 is 1.72 bits per heavy atom. The molecule has 0 bridgehead atoms. The number of piperidine rings is 1. The number of hydrogen-bond donors (Lipinski definition) is 3. The van der Waals surface area contributed by atoms with Crippen molar-refractivity contribution in [2.75, 3.05) is 25.5 Å². The van der Waals surface area contributed by atoms with E-state index in [0.717, 1.165) is 0 Å². The number of phenolic OH excluding ortho intramolecular Hbond substituents is 1. The van der Waals surface area contributed by atoms with Crippen LogP contribution in [0.2, 0.25) is 0 Å². The average Bonchev–Trinajstić information content (AvgIpc) is 2.74. The molecule has 3 N–H and O–H groups in total. The van der Waals surface area contributed by atoms with Gasteiger partial charge in [-0.2, -0.15) is 0 Å². The lowest BCUT2D eigenvalue weighted by atomic mass is 9.96. The third kappa shape index (κ3) is 4.66. The summed E-state index contributed by atoms with van der Waals surface area (Å²) < 4.78 is 5.06. The molecule has 1 aliphatic heterocycles. The van der Waals surface area contributed by atoms with Crippen molar-refractivity contribution in [3.8, 4) is 11.5 Å². The molecule has 29 heavy (non-hydrogen) atoms. The maximum atomic E-state index is 12.6. The van der Waals surface area contributed by atoms with Crippen molar-refractivity contribution in [3.05, 3.63) is 53.6 Å². The summed E-state index contributed by atoms with van der Waals surface area (Å²) in [6.07, 6.45) is 0.887. The Morgan fingerprint density at radius 3 is 2.31 bits per heavy atom. The monoisotopic (exact) mass is 398 g/mol. The van der Waals surface area contributed by atoms with Gasteiger partial charge in [-0.3, -0.25) is 14.4 Å². The summed E-state index contributed by atoms with van der Waals surface area (Å²) in [5.41, 5.74) is 1.00. The normalized spacial score (nSPS) is 14.3. The predicted molar refractivity (Wildman–Crippen MR) is 105 cm³/mol. The SMILES string of the molecule is COc1ccc(O)c(C(=O)Nc2ccc(C(=O)N3CCC(C(=O)O)CC3)cc2)c1. The van der Waals surface area contributed by atoms with Crippen molar-refractivity contribution in [1.29, 1.82) is 0 Å². The molecule has 0 unspecified atom stereocenters. The average molecular weight is 398 g/mol. The first-order valence-corrected chi connectivity index (χ1v) is 9.19. The standard InChI is InChI=1S/C21H22N2O6/c1-29-16-6-7-18(24)17(12-16)19(25)22-15-4-2-13(3-5-15)20(26)23-10-8-14(9-11-23)21(27)28/h2-7,12,14,24H,8-11H2,1H3,(H,22,25)(H,27,28). The Bertz CT molecular complexity index is 917. The first kappa shape index (κ1) is 20.2. The van der Waals surface area contributed by atoms with Crippen molar-refractivity contribution in [1.82, 2.24) is 4.90 Å². The van der Waals surface area contributed by atoms with E-state index in [1.807, 2.05) is 0 Å². The van der Waals surface area contributed by atoms with E-state index in [-0.39, 0.29) is 17.2 Å². The topological polar surface area (TPSA) is 116 Å². The fourth-order valence-electron chi connectivity index (χ4n) is 3.23. The number of phenols is 1. The van der Waals surface area contributed by atoms with Crippen LogP contribution in [0, 0.1) is 5.92 Å². The largest absolute Gasteiger partial charge is 0.507 e. The molecule has 0 atom stereocenters. The zero-order valence-corrected chi connectivity index (χ0v) is 15.9. The van der Waals surface area contributed by atoms with Gasteiger partial charge in [0.05, 0.1) is 18.6 Å². The number of benzene rings is 2. The van der Waals surface area contributed by atoms with Crippen LogP contribution in [0.4, 0.5) is 5.69 Å². The van der Waals surface area contributed by atoms with Crippen LogP contribution in [0.25, 0.3) is 0 Å². The molecule has 1 heterocycles. The van der Waals surface area contributed by atoms with Crippen LogP contribution in [0.5, 0.6) is 11.5 Å². The summed E-state index contributed by atoms with van der Waals surface area (Å²) in [7, 11) is 1.47. The molecule has 1 saturated heterocycles. The molecule has 8 nitrogen and oxygen atoms in total. The highest BCUT2D eigenvalue weighted by Crippen LogP contribution is 2.24. The highest BCUT2D eigenvalue weighted by molar-refractivity contribution is 6.06. The quantitative estimate of drug-likeness (QED) is 0.713. The number of aliphatic carboxylic acids is 1. The number of nitrogens with zero attached hydrogens (tertiary/aromatic N) is 1. The van der Waals surface area contributed by atoms with Gasteiger partial charge in [0.2, 0.25) is 0 Å². The van der Waals surface area contributed by atoms with Crippen molar-refractivity contribution < 1.29 is 29.3 Å². The van der Waals surface area contributed by atoms with Gasteiger partial charge in [-0.15, -0.1) is 0 Å². The lowest BCUT2D eigenvalue weighted by Crippen LogP contribution is -2.40. The summed E-state index contributed by atoms with van der Waals surface area (Å²) in [6, 6.07) is 10.8. The number of nitrogens with one attached hydrogen (secondary N) is 1. The fourth-order valence-corrected chi connectivity index (χ4v) is 3.23. The van der Waals surface area contributed by atoms with Gasteiger partial charge >= 0.3 is 5.97 Å². The molecule has 0 radical (unpaired) electrons. The van der Waals surface area contributed by atoms with Crippen LogP contribution in [0.15, 0.2) is 42.5 Å². The van der Waals surface area contributed by atoms with Crippen molar-refractivity contribution in [3.63, 3.8) is 0 Å². The van der Waals surface area contributed by atoms with Crippen molar-refractivity contribution in [2.24, 2.45) is 5.92 Å². The number of amides is 2. The molecule has 2 aromatic carbocycles. The van der Waals surface area contributed by atoms with E-state index in [9.17, 15) is 19.5 Å². The molecular weight excluding hydrogens is 376 g/mol. The zero-order chi connectivity index (χ0) is 21.0. The Hall–Kier alpha value is -3.55. The number of aromatic hydroxyl groups is 1. The summed E-state index contributed by atoms with van der Waals surface area (Å²) in [6.45, 7) is 0.812. The second-order valence-electron chi connectivity index (χ2n) is 6.82. The van der Waals surface area contributed by atoms with Crippen LogP contribution in [-0.2, 0) is 4.79 Å². The lowest BCUT2D eigenvalue weighted by Gasteiger charge is -2.30. The summed E-state index contributed by atoms with van der Waals surface area (Å²) >= 11 is 0. The number of methoxy groups -OCH3 is 1. The molecule has 0 aliphatic carbocycles. The third-order valence-electron chi connectivity index (χ3n) is 4.97. The zero-order valence-electron chi connectivity index (χ0n) is 15.9. The number of hydrogen-bond acceptors (Lipinski definition) is 5. The van der Waals surface area contributed by atoms with Gasteiger partial charge in [-0.05, 0) is 55.3 Å². The van der Waals surface area contributed by atoms with E-state index < -0.39 is 17.8 Å². The molecule has 3 rings (SSSR count). The third-order valence-corrected chi connectivity index (χ3v) is 4.97. The van der Waals surface area contributed by atoms with Gasteiger partial charge in [0, 0.05) is 24.3 Å². The van der Waals surface area contributed by atoms with Crippen LogP contribution < -0.4 is 10.1 Å². The minimum atomic E-state index is -0.820. The molecule has 0 spiro atoms. The number of likely N-dealkylation sites (tertiary alicyclic amines) is 1. The number of rotatable bonds is 5. The highest BCUT2D eigenvalue weighted by Gasteiger charge is 2.27. The minimum absolute atomic E-state index is 0.0748. The van der Waals surface area contributed by atoms with Crippen LogP contribution in [0.1, 0.15) is 33.6 Å². The Labute approximate surface area is 167 Å². The molecule has 2 amide bonds. The summed E-state index contributed by atoms with van der Waals surface area (Å²) in [5, 5.41) is 21.6. The van der Waals surface area contributed by atoms with Gasteiger partial charge in [-0.1, -0.05) is 0 Å². The van der Waals surface area contributed by atoms with Gasteiger partial charge in [0.15, 0.2) is 0 Å². The van der Waals surface area contributed by atoms with Crippen molar-refractivity contribution >= 4 is 23.5 Å². The van der Waals surface area contributed by atoms with E-state index in [2.05, 4.69) is 5.32 Å². The number of carbonyl (C=O) groups is 3. The first-order chi connectivity index (χ1) is 13.9. The smallest absolute Gasteiger partial charge is 0.306 e. The summed E-state index contributed by atoms with van der Waals surface area (Å²) in [5.74, 6) is -1.61. The molecule has 0 saturated carbocycles. The highest BCUT2D eigenvalue weighted by atomic mass is 16.5. The van der Waals surface area contributed by atoms with E-state index in [4.69, 9.17) is 9.84 Å². The second kappa shape index (κ2) is 8.64. The second-order valence-corrected chi connectivity index (χ2v) is 6.82. The van der Waals surface area contributed by atoms with Gasteiger partial charge in [0.25, 0.3) is 11.8 Å². The van der Waals surface area contributed by atoms with Crippen molar-refractivity contribution in [2.45, 2.75) is 12.8 Å². The first-order valence-electron chi connectivity index (χ1n) is 9.19. The molecule has 0 aromatic heterocycles. The van der Waals surface area contributed by atoms with Gasteiger partial charge in [-0.25, -0.2) is 0 Å². The predicted octanol–water partition coefficient (Wildman–Crippen LogP) is 2.59. The van der Waals surface area contributed by atoms with E-state index >= 15 is 0 Å². The molecule has 2 aromatic rings. The van der Waals surface area contributed by atoms with E-state index in [1.54, 1.807) is 35.2 Å². The lowest BCUT2D eigenvalue weighted by molar-refractivity contribution is -0.143. The Balaban J connectivity index is 1.64. The molecule has 8 heteroatoms. The number of carboxylic acid groups (broad SMARTS) is 1. The van der Waals surface area contributed by atoms with E-state index in [1.165, 1.54) is 19.2 Å². The number of anilines is 1.